The molecule has 0 aliphatic heterocycles. The van der Waals surface area contributed by atoms with Crippen LogP contribution in [0.4, 0.5) is 5.69 Å². The van der Waals surface area contributed by atoms with Crippen molar-refractivity contribution < 1.29 is 0 Å². The Morgan fingerprint density at radius 1 is 0.767 bits per heavy atom. The van der Waals surface area contributed by atoms with E-state index in [1.165, 1.54) is 33.0 Å². The first-order chi connectivity index (χ1) is 21.1. The maximum Gasteiger partial charge on any atom is 0.126 e. The highest BCUT2D eigenvalue weighted by Gasteiger charge is 2.24. The van der Waals surface area contributed by atoms with E-state index in [1.807, 2.05) is 18.3 Å². The van der Waals surface area contributed by atoms with E-state index in [2.05, 4.69) is 162 Å². The van der Waals surface area contributed by atoms with Gasteiger partial charge in [0.1, 0.15) is 4.05 Å². The lowest BCUT2D eigenvalue weighted by atomic mass is 9.89. The van der Waals surface area contributed by atoms with E-state index >= 15 is 0 Å². The lowest BCUT2D eigenvalue weighted by Gasteiger charge is -2.27. The van der Waals surface area contributed by atoms with E-state index < -0.39 is 0 Å². The Bertz CT molecular complexity index is 2020. The number of allylic oxidation sites excluding steroid dienone is 4. The number of para-hydroxylation sites is 1. The second-order valence-corrected chi connectivity index (χ2v) is 12.4. The summed E-state index contributed by atoms with van der Waals surface area (Å²) >= 11 is 2.39. The summed E-state index contributed by atoms with van der Waals surface area (Å²) in [5, 5.41) is 2.47. The summed E-state index contributed by atoms with van der Waals surface area (Å²) in [5.74, 6) is 0.313. The number of hydrogen-bond donors (Lipinski definition) is 1. The van der Waals surface area contributed by atoms with Gasteiger partial charge in [0, 0.05) is 33.8 Å². The fraction of sp³-hybridized carbons (Fsp3) is 0.103. The topological polar surface area (TPSA) is 43.3 Å². The standard InChI is InChI=1S/C39H32IN3/c1-26-19-20-31(30-16-10-11-27(21-30)25-42-39(40)29-14-6-3-7-15-29)22-37(26)43-36-18-9-8-17-32(36)34-23-33(35(41)24-38(34)43)28-12-4-2-5-13-28/h2-26,37,39H,41H2,1H3/b42-25+. The molecule has 0 spiro atoms. The maximum absolute atomic E-state index is 6.74. The van der Waals surface area contributed by atoms with Gasteiger partial charge in [-0.3, -0.25) is 4.99 Å². The van der Waals surface area contributed by atoms with Crippen molar-refractivity contribution in [1.29, 1.82) is 0 Å². The van der Waals surface area contributed by atoms with Gasteiger partial charge in [-0.2, -0.15) is 0 Å². The molecule has 3 unspecified atom stereocenters. The number of anilines is 1. The number of nitrogens with zero attached hydrogens (tertiary/aromatic N) is 2. The summed E-state index contributed by atoms with van der Waals surface area (Å²) in [5.41, 5.74) is 16.8. The van der Waals surface area contributed by atoms with Crippen molar-refractivity contribution in [3.8, 4) is 11.1 Å². The number of aliphatic imine (C=N–C) groups is 1. The van der Waals surface area contributed by atoms with Crippen LogP contribution in [0.1, 0.15) is 33.7 Å². The average molecular weight is 670 g/mol. The van der Waals surface area contributed by atoms with Crippen LogP contribution in [0, 0.1) is 5.92 Å². The first-order valence-corrected chi connectivity index (χ1v) is 15.9. The average Bonchev–Trinajstić information content (AvgIpc) is 3.37. The van der Waals surface area contributed by atoms with Gasteiger partial charge >= 0.3 is 0 Å². The van der Waals surface area contributed by atoms with Crippen LogP contribution in [0.3, 0.4) is 0 Å². The zero-order valence-electron chi connectivity index (χ0n) is 23.9. The molecule has 3 nitrogen and oxygen atoms in total. The van der Waals surface area contributed by atoms with Crippen molar-refractivity contribution in [2.24, 2.45) is 10.9 Å². The van der Waals surface area contributed by atoms with Crippen LogP contribution in [0.2, 0.25) is 0 Å². The van der Waals surface area contributed by atoms with Crippen LogP contribution < -0.4 is 5.73 Å². The fourth-order valence-corrected chi connectivity index (χ4v) is 6.74. The molecular formula is C39H32IN3. The van der Waals surface area contributed by atoms with Crippen molar-refractivity contribution in [3.63, 3.8) is 0 Å². The van der Waals surface area contributed by atoms with Gasteiger partial charge in [-0.1, -0.05) is 145 Å². The van der Waals surface area contributed by atoms with Crippen LogP contribution >= 0.6 is 22.6 Å². The van der Waals surface area contributed by atoms with E-state index in [9.17, 15) is 0 Å². The number of nitrogen functional groups attached to an aromatic ring is 1. The smallest absolute Gasteiger partial charge is 0.126 e. The molecule has 1 aliphatic rings. The van der Waals surface area contributed by atoms with Crippen molar-refractivity contribution in [2.75, 3.05) is 5.73 Å². The monoisotopic (exact) mass is 669 g/mol. The number of halogens is 1. The SMILES string of the molecule is CC1C=CC(c2cccc(/C=N/C(I)c3ccccc3)c2)=CC1n1c2ccccc2c2cc(-c3ccccc3)c(N)cc21. The maximum atomic E-state index is 6.74. The number of aromatic nitrogens is 1. The first-order valence-electron chi connectivity index (χ1n) is 14.7. The largest absolute Gasteiger partial charge is 0.398 e. The van der Waals surface area contributed by atoms with Crippen molar-refractivity contribution in [2.45, 2.75) is 17.0 Å². The van der Waals surface area contributed by atoms with Gasteiger partial charge < -0.3 is 10.3 Å². The number of hydrogen-bond acceptors (Lipinski definition) is 2. The van der Waals surface area contributed by atoms with Gasteiger partial charge in [-0.15, -0.1) is 0 Å². The summed E-state index contributed by atoms with van der Waals surface area (Å²) < 4.78 is 2.56. The summed E-state index contributed by atoms with van der Waals surface area (Å²) in [6.07, 6.45) is 9.00. The molecule has 0 fully saturated rings. The van der Waals surface area contributed by atoms with Crippen molar-refractivity contribution in [1.82, 2.24) is 4.57 Å². The molecule has 210 valence electrons. The Morgan fingerprint density at radius 2 is 1.49 bits per heavy atom. The number of alkyl halides is 1. The summed E-state index contributed by atoms with van der Waals surface area (Å²) in [7, 11) is 0. The van der Waals surface area contributed by atoms with Gasteiger partial charge in [0.25, 0.3) is 0 Å². The summed E-state index contributed by atoms with van der Waals surface area (Å²) in [6.45, 7) is 2.30. The number of fused-ring (bicyclic) bond motifs is 3. The van der Waals surface area contributed by atoms with Gasteiger partial charge in [0.2, 0.25) is 0 Å². The van der Waals surface area contributed by atoms with E-state index in [0.29, 0.717) is 5.92 Å². The van der Waals surface area contributed by atoms with E-state index in [1.54, 1.807) is 0 Å². The minimum atomic E-state index is 0.0756. The van der Waals surface area contributed by atoms with Crippen molar-refractivity contribution >= 4 is 61.9 Å². The molecule has 4 heteroatoms. The van der Waals surface area contributed by atoms with E-state index in [0.717, 1.165) is 27.9 Å². The second-order valence-electron chi connectivity index (χ2n) is 11.2. The Kier molecular flexibility index (Phi) is 7.45. The molecular weight excluding hydrogens is 637 g/mol. The molecule has 1 aliphatic carbocycles. The molecule has 2 N–H and O–H groups in total. The minimum Gasteiger partial charge on any atom is -0.398 e. The quantitative estimate of drug-likeness (QED) is 0.0620. The van der Waals surface area contributed by atoms with E-state index in [4.69, 9.17) is 10.7 Å². The summed E-state index contributed by atoms with van der Waals surface area (Å²) in [4.78, 5) is 4.83. The van der Waals surface area contributed by atoms with Crippen LogP contribution in [0.15, 0.2) is 145 Å². The Labute approximate surface area is 266 Å². The third-order valence-corrected chi connectivity index (χ3v) is 9.42. The van der Waals surface area contributed by atoms with Crippen LogP contribution in [-0.2, 0) is 0 Å². The molecule has 0 radical (unpaired) electrons. The Balaban J connectivity index is 1.29. The zero-order chi connectivity index (χ0) is 29.3. The Hall–Kier alpha value is -4.42. The molecule has 6 aromatic rings. The molecule has 0 bridgehead atoms. The van der Waals surface area contributed by atoms with Gasteiger partial charge in [0.05, 0.1) is 11.6 Å². The highest BCUT2D eigenvalue weighted by Crippen LogP contribution is 2.41. The van der Waals surface area contributed by atoms with Gasteiger partial charge in [-0.05, 0) is 58.0 Å². The normalized spacial score (nSPS) is 17.5. The predicted molar refractivity (Wildman–Crippen MR) is 192 cm³/mol. The molecule has 0 saturated heterocycles. The molecule has 1 heterocycles. The fourth-order valence-electron chi connectivity index (χ4n) is 6.16. The number of benzene rings is 5. The highest BCUT2D eigenvalue weighted by atomic mass is 127. The van der Waals surface area contributed by atoms with E-state index in [-0.39, 0.29) is 10.1 Å². The van der Waals surface area contributed by atoms with Gasteiger partial charge in [0.15, 0.2) is 0 Å². The minimum absolute atomic E-state index is 0.0756. The molecule has 43 heavy (non-hydrogen) atoms. The zero-order valence-corrected chi connectivity index (χ0v) is 26.1. The summed E-state index contributed by atoms with van der Waals surface area (Å²) in [6, 6.07) is 42.8. The van der Waals surface area contributed by atoms with Crippen molar-refractivity contribution in [3.05, 3.63) is 156 Å². The van der Waals surface area contributed by atoms with Gasteiger partial charge in [-0.25, -0.2) is 0 Å². The first kappa shape index (κ1) is 27.4. The molecule has 3 atom stereocenters. The lowest BCUT2D eigenvalue weighted by Crippen LogP contribution is -2.16. The van der Waals surface area contributed by atoms with Crippen LogP contribution in [0.5, 0.6) is 0 Å². The molecule has 5 aromatic carbocycles. The third-order valence-electron chi connectivity index (χ3n) is 8.38. The number of rotatable bonds is 6. The Morgan fingerprint density at radius 3 is 2.30 bits per heavy atom. The highest BCUT2D eigenvalue weighted by molar-refractivity contribution is 14.1. The molecule has 0 amide bonds. The lowest BCUT2D eigenvalue weighted by molar-refractivity contribution is 0.512. The van der Waals surface area contributed by atoms with Crippen LogP contribution in [0.25, 0.3) is 38.5 Å². The van der Waals surface area contributed by atoms with Crippen LogP contribution in [-0.4, -0.2) is 10.8 Å². The predicted octanol–water partition coefficient (Wildman–Crippen LogP) is 10.4. The molecule has 7 rings (SSSR count). The number of nitrogens with two attached hydrogens (primary N) is 1. The third kappa shape index (κ3) is 5.32. The molecule has 0 saturated carbocycles. The second kappa shape index (κ2) is 11.7. The molecule has 1 aromatic heterocycles.